The highest BCUT2D eigenvalue weighted by atomic mass is 32.2. The van der Waals surface area contributed by atoms with Crippen molar-refractivity contribution in [2.24, 2.45) is 0 Å². The lowest BCUT2D eigenvalue weighted by Crippen LogP contribution is -1.99. The molecular formula is C11H14O4S. The van der Waals surface area contributed by atoms with Crippen molar-refractivity contribution in [1.82, 2.24) is 0 Å². The zero-order valence-corrected chi connectivity index (χ0v) is 10.0. The van der Waals surface area contributed by atoms with E-state index < -0.39 is 5.97 Å². The molecule has 1 N–H and O–H groups in total. The second kappa shape index (κ2) is 6.27. The number of hydrogen-bond donors (Lipinski definition) is 1. The molecule has 88 valence electrons. The fourth-order valence-electron chi connectivity index (χ4n) is 1.22. The highest BCUT2D eigenvalue weighted by Gasteiger charge is 2.06. The Hall–Kier alpha value is -1.36. The summed E-state index contributed by atoms with van der Waals surface area (Å²) in [5.41, 5.74) is 0.967. The number of aliphatic carboxylic acids is 1. The number of hydrogen-bond acceptors (Lipinski definition) is 4. The summed E-state index contributed by atoms with van der Waals surface area (Å²) in [5.74, 6) is 1.34. The zero-order valence-electron chi connectivity index (χ0n) is 9.23. The van der Waals surface area contributed by atoms with Crippen molar-refractivity contribution in [3.05, 3.63) is 23.8 Å². The van der Waals surface area contributed by atoms with Crippen molar-refractivity contribution in [2.45, 2.75) is 5.75 Å². The first kappa shape index (κ1) is 12.7. The molecule has 1 rings (SSSR count). The third-order valence-corrected chi connectivity index (χ3v) is 2.94. The smallest absolute Gasteiger partial charge is 0.313 e. The first-order valence-corrected chi connectivity index (χ1v) is 5.83. The molecule has 0 saturated carbocycles. The largest absolute Gasteiger partial charge is 0.497 e. The maximum Gasteiger partial charge on any atom is 0.313 e. The average molecular weight is 242 g/mol. The standard InChI is InChI=1S/C11H14O4S/c1-14-9-4-3-8(10(5-9)15-2)6-16-7-11(12)13/h3-5H,6-7H2,1-2H3,(H,12,13). The number of methoxy groups -OCH3 is 2. The van der Waals surface area contributed by atoms with E-state index in [1.165, 1.54) is 11.8 Å². The molecule has 1 aromatic carbocycles. The first-order valence-electron chi connectivity index (χ1n) is 4.67. The molecule has 16 heavy (non-hydrogen) atoms. The van der Waals surface area contributed by atoms with E-state index in [0.29, 0.717) is 5.75 Å². The van der Waals surface area contributed by atoms with E-state index in [-0.39, 0.29) is 5.75 Å². The SMILES string of the molecule is COc1ccc(CSCC(=O)O)c(OC)c1. The van der Waals surface area contributed by atoms with Crippen LogP contribution in [0, 0.1) is 0 Å². The normalized spacial score (nSPS) is 9.88. The Morgan fingerprint density at radius 3 is 2.69 bits per heavy atom. The molecule has 1 aromatic rings. The Balaban J connectivity index is 2.68. The van der Waals surface area contributed by atoms with Gasteiger partial charge in [-0.1, -0.05) is 6.07 Å². The number of rotatable bonds is 6. The maximum atomic E-state index is 10.4. The van der Waals surface area contributed by atoms with Crippen molar-refractivity contribution in [3.8, 4) is 11.5 Å². The van der Waals surface area contributed by atoms with E-state index in [9.17, 15) is 4.79 Å². The third kappa shape index (κ3) is 3.66. The van der Waals surface area contributed by atoms with Crippen molar-refractivity contribution >= 4 is 17.7 Å². The van der Waals surface area contributed by atoms with E-state index in [0.717, 1.165) is 17.1 Å². The molecule has 0 fully saturated rings. The molecule has 0 bridgehead atoms. The highest BCUT2D eigenvalue weighted by molar-refractivity contribution is 7.99. The molecule has 0 saturated heterocycles. The van der Waals surface area contributed by atoms with Crippen molar-refractivity contribution in [2.75, 3.05) is 20.0 Å². The Labute approximate surface area is 98.6 Å². The van der Waals surface area contributed by atoms with Crippen LogP contribution in [-0.4, -0.2) is 31.0 Å². The van der Waals surface area contributed by atoms with Gasteiger partial charge in [0.25, 0.3) is 0 Å². The predicted octanol–water partition coefficient (Wildman–Crippen LogP) is 2.02. The van der Waals surface area contributed by atoms with Crippen LogP contribution in [0.3, 0.4) is 0 Å². The van der Waals surface area contributed by atoms with Crippen LogP contribution in [0.1, 0.15) is 5.56 Å². The topological polar surface area (TPSA) is 55.8 Å². The zero-order chi connectivity index (χ0) is 12.0. The van der Waals surface area contributed by atoms with Crippen LogP contribution in [-0.2, 0) is 10.5 Å². The van der Waals surface area contributed by atoms with Crippen LogP contribution in [0.4, 0.5) is 0 Å². The molecular weight excluding hydrogens is 228 g/mol. The lowest BCUT2D eigenvalue weighted by atomic mass is 10.2. The average Bonchev–Trinajstić information content (AvgIpc) is 2.29. The van der Waals surface area contributed by atoms with Gasteiger partial charge < -0.3 is 14.6 Å². The van der Waals surface area contributed by atoms with E-state index in [4.69, 9.17) is 14.6 Å². The van der Waals surface area contributed by atoms with Crippen molar-refractivity contribution in [3.63, 3.8) is 0 Å². The molecule has 0 heterocycles. The predicted molar refractivity (Wildman–Crippen MR) is 63.3 cm³/mol. The van der Waals surface area contributed by atoms with E-state index in [1.54, 1.807) is 20.3 Å². The lowest BCUT2D eigenvalue weighted by molar-refractivity contribution is -0.133. The molecule has 0 unspecified atom stereocenters. The Morgan fingerprint density at radius 1 is 1.38 bits per heavy atom. The molecule has 5 heteroatoms. The van der Waals surface area contributed by atoms with Crippen LogP contribution in [0.5, 0.6) is 11.5 Å². The van der Waals surface area contributed by atoms with Gasteiger partial charge in [0.2, 0.25) is 0 Å². The minimum Gasteiger partial charge on any atom is -0.497 e. The van der Waals surface area contributed by atoms with Crippen LogP contribution in [0.2, 0.25) is 0 Å². The van der Waals surface area contributed by atoms with Crippen LogP contribution >= 0.6 is 11.8 Å². The van der Waals surface area contributed by atoms with Crippen LogP contribution < -0.4 is 9.47 Å². The van der Waals surface area contributed by atoms with Gasteiger partial charge in [-0.25, -0.2) is 0 Å². The van der Waals surface area contributed by atoms with Gasteiger partial charge in [0, 0.05) is 17.4 Å². The molecule has 0 amide bonds. The maximum absolute atomic E-state index is 10.4. The number of carboxylic acids is 1. The van der Waals surface area contributed by atoms with Crippen LogP contribution in [0.15, 0.2) is 18.2 Å². The van der Waals surface area contributed by atoms with Gasteiger partial charge in [-0.2, -0.15) is 0 Å². The minimum absolute atomic E-state index is 0.0924. The van der Waals surface area contributed by atoms with E-state index >= 15 is 0 Å². The molecule has 0 aliphatic rings. The van der Waals surface area contributed by atoms with Gasteiger partial charge in [-0.05, 0) is 6.07 Å². The number of carboxylic acid groups (broad SMARTS) is 1. The Morgan fingerprint density at radius 2 is 2.12 bits per heavy atom. The molecule has 0 aromatic heterocycles. The van der Waals surface area contributed by atoms with Gasteiger partial charge in [0.1, 0.15) is 11.5 Å². The number of benzene rings is 1. The third-order valence-electron chi connectivity index (χ3n) is 1.98. The van der Waals surface area contributed by atoms with Crippen LogP contribution in [0.25, 0.3) is 0 Å². The lowest BCUT2D eigenvalue weighted by Gasteiger charge is -2.09. The molecule has 0 radical (unpaired) electrons. The fraction of sp³-hybridized carbons (Fsp3) is 0.364. The second-order valence-electron chi connectivity index (χ2n) is 3.06. The minimum atomic E-state index is -0.808. The number of ether oxygens (including phenoxy) is 2. The number of thioether (sulfide) groups is 1. The van der Waals surface area contributed by atoms with E-state index in [2.05, 4.69) is 0 Å². The second-order valence-corrected chi connectivity index (χ2v) is 4.05. The summed E-state index contributed by atoms with van der Waals surface area (Å²) < 4.78 is 10.3. The fourth-order valence-corrected chi connectivity index (χ4v) is 1.95. The van der Waals surface area contributed by atoms with Crippen molar-refractivity contribution < 1.29 is 19.4 Å². The summed E-state index contributed by atoms with van der Waals surface area (Å²) in [4.78, 5) is 10.4. The highest BCUT2D eigenvalue weighted by Crippen LogP contribution is 2.27. The van der Waals surface area contributed by atoms with Gasteiger partial charge >= 0.3 is 5.97 Å². The van der Waals surface area contributed by atoms with Gasteiger partial charge in [0.15, 0.2) is 0 Å². The molecule has 0 atom stereocenters. The van der Waals surface area contributed by atoms with Gasteiger partial charge in [-0.3, -0.25) is 4.79 Å². The van der Waals surface area contributed by atoms with Gasteiger partial charge in [-0.15, -0.1) is 11.8 Å². The molecule has 4 nitrogen and oxygen atoms in total. The summed E-state index contributed by atoms with van der Waals surface area (Å²) in [6.45, 7) is 0. The summed E-state index contributed by atoms with van der Waals surface area (Å²) in [5, 5.41) is 8.53. The summed E-state index contributed by atoms with van der Waals surface area (Å²) in [6, 6.07) is 5.50. The summed E-state index contributed by atoms with van der Waals surface area (Å²) >= 11 is 1.34. The molecule has 0 spiro atoms. The van der Waals surface area contributed by atoms with Crippen molar-refractivity contribution in [1.29, 1.82) is 0 Å². The quantitative estimate of drug-likeness (QED) is 0.827. The Kier molecular flexibility index (Phi) is 4.98. The first-order chi connectivity index (χ1) is 7.67. The van der Waals surface area contributed by atoms with Gasteiger partial charge in [0.05, 0.1) is 20.0 Å². The van der Waals surface area contributed by atoms with E-state index in [1.807, 2.05) is 12.1 Å². The Bertz CT molecular complexity index is 365. The summed E-state index contributed by atoms with van der Waals surface area (Å²) in [7, 11) is 3.17. The molecule has 0 aliphatic carbocycles. The summed E-state index contributed by atoms with van der Waals surface area (Å²) in [6.07, 6.45) is 0. The number of carbonyl (C=O) groups is 1. The molecule has 0 aliphatic heterocycles. The monoisotopic (exact) mass is 242 g/mol.